The van der Waals surface area contributed by atoms with Gasteiger partial charge in [-0.1, -0.05) is 12.1 Å². The Morgan fingerprint density at radius 3 is 2.35 bits per heavy atom. The van der Waals surface area contributed by atoms with E-state index >= 15 is 0 Å². The number of ether oxygens (including phenoxy) is 2. The summed E-state index contributed by atoms with van der Waals surface area (Å²) >= 11 is 0. The van der Waals surface area contributed by atoms with E-state index in [0.29, 0.717) is 17.9 Å². The Hall–Kier alpha value is -2.83. The largest absolute Gasteiger partial charge is 0.494 e. The molecule has 0 N–H and O–H groups in total. The molecule has 7 heteroatoms. The standard InChI is InChI=1S/C19H13F5O2/c1-2-25-12-4-6-13(15(20)9-12)10-3-5-14-11(7-10)8-16(21)18(17(14)22)26-19(23)24/h3-9,19H,2H2,1H3. The first kappa shape index (κ1) is 18.0. The lowest BCUT2D eigenvalue weighted by Crippen LogP contribution is -2.06. The van der Waals surface area contributed by atoms with Crippen molar-refractivity contribution < 1.29 is 31.4 Å². The first-order valence-electron chi connectivity index (χ1n) is 7.70. The quantitative estimate of drug-likeness (QED) is 0.520. The molecule has 0 radical (unpaired) electrons. The molecular weight excluding hydrogens is 355 g/mol. The van der Waals surface area contributed by atoms with Crippen LogP contribution < -0.4 is 9.47 Å². The van der Waals surface area contributed by atoms with E-state index < -0.39 is 29.8 Å². The van der Waals surface area contributed by atoms with Crippen molar-refractivity contribution in [3.63, 3.8) is 0 Å². The van der Waals surface area contributed by atoms with Crippen LogP contribution in [-0.2, 0) is 0 Å². The predicted molar refractivity (Wildman–Crippen MR) is 87.1 cm³/mol. The van der Waals surface area contributed by atoms with Gasteiger partial charge in [-0.05, 0) is 42.1 Å². The Bertz CT molecular complexity index is 956. The second-order valence-corrected chi connectivity index (χ2v) is 5.39. The van der Waals surface area contributed by atoms with Crippen LogP contribution in [0.3, 0.4) is 0 Å². The Kier molecular flexibility index (Phi) is 4.97. The maximum absolute atomic E-state index is 14.3. The Morgan fingerprint density at radius 1 is 0.923 bits per heavy atom. The third kappa shape index (κ3) is 3.42. The number of fused-ring (bicyclic) bond motifs is 1. The molecule has 0 unspecified atom stereocenters. The fourth-order valence-corrected chi connectivity index (χ4v) is 2.66. The van der Waals surface area contributed by atoms with E-state index in [0.717, 1.165) is 6.07 Å². The molecule has 0 atom stereocenters. The first-order chi connectivity index (χ1) is 12.4. The second kappa shape index (κ2) is 7.19. The van der Waals surface area contributed by atoms with Crippen LogP contribution in [0.4, 0.5) is 22.0 Å². The summed E-state index contributed by atoms with van der Waals surface area (Å²) in [6.07, 6.45) is 0. The lowest BCUT2D eigenvalue weighted by atomic mass is 10.00. The molecule has 26 heavy (non-hydrogen) atoms. The fourth-order valence-electron chi connectivity index (χ4n) is 2.66. The fraction of sp³-hybridized carbons (Fsp3) is 0.158. The van der Waals surface area contributed by atoms with Gasteiger partial charge in [-0.2, -0.15) is 8.78 Å². The monoisotopic (exact) mass is 368 g/mol. The van der Waals surface area contributed by atoms with Gasteiger partial charge in [0.2, 0.25) is 0 Å². The number of hydrogen-bond acceptors (Lipinski definition) is 2. The number of benzene rings is 3. The highest BCUT2D eigenvalue weighted by atomic mass is 19.3. The summed E-state index contributed by atoms with van der Waals surface area (Å²) in [6, 6.07) is 9.18. The lowest BCUT2D eigenvalue weighted by Gasteiger charge is -2.11. The highest BCUT2D eigenvalue weighted by Gasteiger charge is 2.19. The molecule has 0 spiro atoms. The van der Waals surface area contributed by atoms with E-state index in [2.05, 4.69) is 4.74 Å². The number of alkyl halides is 2. The van der Waals surface area contributed by atoms with Crippen molar-refractivity contribution in [3.8, 4) is 22.6 Å². The molecule has 3 aromatic carbocycles. The number of halogens is 5. The average molecular weight is 368 g/mol. The molecule has 3 rings (SSSR count). The second-order valence-electron chi connectivity index (χ2n) is 5.39. The highest BCUT2D eigenvalue weighted by molar-refractivity contribution is 5.89. The summed E-state index contributed by atoms with van der Waals surface area (Å²) in [4.78, 5) is 0. The SMILES string of the molecule is CCOc1ccc(-c2ccc3c(F)c(OC(F)F)c(F)cc3c2)c(F)c1. The van der Waals surface area contributed by atoms with Crippen molar-refractivity contribution >= 4 is 10.8 Å². The van der Waals surface area contributed by atoms with Crippen LogP contribution in [-0.4, -0.2) is 13.2 Å². The summed E-state index contributed by atoms with van der Waals surface area (Å²) in [7, 11) is 0. The molecule has 0 saturated carbocycles. The molecule has 136 valence electrons. The topological polar surface area (TPSA) is 18.5 Å². The van der Waals surface area contributed by atoms with Gasteiger partial charge in [0.1, 0.15) is 11.6 Å². The minimum atomic E-state index is -3.35. The third-order valence-electron chi connectivity index (χ3n) is 3.76. The minimum absolute atomic E-state index is 0.0902. The van der Waals surface area contributed by atoms with Gasteiger partial charge in [0.25, 0.3) is 0 Å². The zero-order chi connectivity index (χ0) is 18.8. The zero-order valence-corrected chi connectivity index (χ0v) is 13.5. The molecule has 0 heterocycles. The highest BCUT2D eigenvalue weighted by Crippen LogP contribution is 2.34. The van der Waals surface area contributed by atoms with Crippen LogP contribution in [0.2, 0.25) is 0 Å². The molecule has 2 nitrogen and oxygen atoms in total. The van der Waals surface area contributed by atoms with Crippen LogP contribution in [0.5, 0.6) is 11.5 Å². The minimum Gasteiger partial charge on any atom is -0.494 e. The van der Waals surface area contributed by atoms with Crippen molar-refractivity contribution in [2.75, 3.05) is 6.61 Å². The van der Waals surface area contributed by atoms with E-state index in [4.69, 9.17) is 4.74 Å². The van der Waals surface area contributed by atoms with Gasteiger partial charge in [0, 0.05) is 17.0 Å². The van der Waals surface area contributed by atoms with Crippen LogP contribution in [0.15, 0.2) is 42.5 Å². The average Bonchev–Trinajstić information content (AvgIpc) is 2.58. The predicted octanol–water partition coefficient (Wildman–Crippen LogP) is 5.92. The van der Waals surface area contributed by atoms with Crippen molar-refractivity contribution in [1.82, 2.24) is 0 Å². The van der Waals surface area contributed by atoms with Crippen molar-refractivity contribution in [1.29, 1.82) is 0 Å². The number of hydrogen-bond donors (Lipinski definition) is 0. The molecule has 3 aromatic rings. The van der Waals surface area contributed by atoms with Crippen LogP contribution in [0.25, 0.3) is 21.9 Å². The Balaban J connectivity index is 2.07. The van der Waals surface area contributed by atoms with Gasteiger partial charge >= 0.3 is 6.61 Å². The zero-order valence-electron chi connectivity index (χ0n) is 13.5. The lowest BCUT2D eigenvalue weighted by molar-refractivity contribution is -0.0544. The van der Waals surface area contributed by atoms with Gasteiger partial charge in [-0.25, -0.2) is 13.2 Å². The van der Waals surface area contributed by atoms with Crippen LogP contribution in [0.1, 0.15) is 6.92 Å². The van der Waals surface area contributed by atoms with Gasteiger partial charge in [-0.15, -0.1) is 0 Å². The van der Waals surface area contributed by atoms with Crippen LogP contribution in [0, 0.1) is 17.5 Å². The van der Waals surface area contributed by atoms with Gasteiger partial charge in [-0.3, -0.25) is 0 Å². The molecule has 0 amide bonds. The van der Waals surface area contributed by atoms with E-state index in [1.54, 1.807) is 13.0 Å². The van der Waals surface area contributed by atoms with E-state index in [1.807, 2.05) is 0 Å². The summed E-state index contributed by atoms with van der Waals surface area (Å²) in [5.74, 6) is -3.85. The number of rotatable bonds is 5. The molecule has 0 aliphatic rings. The van der Waals surface area contributed by atoms with Crippen molar-refractivity contribution in [2.45, 2.75) is 13.5 Å². The molecular formula is C19H13F5O2. The summed E-state index contributed by atoms with van der Waals surface area (Å²) in [6.45, 7) is -1.20. The molecule has 0 aliphatic heterocycles. The van der Waals surface area contributed by atoms with Gasteiger partial charge in [0.05, 0.1) is 6.61 Å². The van der Waals surface area contributed by atoms with Crippen molar-refractivity contribution in [2.24, 2.45) is 0 Å². The molecule has 0 aromatic heterocycles. The normalized spacial score (nSPS) is 11.2. The third-order valence-corrected chi connectivity index (χ3v) is 3.76. The Morgan fingerprint density at radius 2 is 1.69 bits per heavy atom. The van der Waals surface area contributed by atoms with Crippen LogP contribution >= 0.6 is 0 Å². The summed E-state index contributed by atoms with van der Waals surface area (Å²) in [5.41, 5.74) is 0.587. The molecule has 0 fully saturated rings. The maximum Gasteiger partial charge on any atom is 0.387 e. The van der Waals surface area contributed by atoms with E-state index in [9.17, 15) is 22.0 Å². The van der Waals surface area contributed by atoms with Gasteiger partial charge in [0.15, 0.2) is 17.4 Å². The Labute approximate surface area is 145 Å². The first-order valence-corrected chi connectivity index (χ1v) is 7.70. The summed E-state index contributed by atoms with van der Waals surface area (Å²) < 4.78 is 76.1. The van der Waals surface area contributed by atoms with Crippen molar-refractivity contribution in [3.05, 3.63) is 59.9 Å². The smallest absolute Gasteiger partial charge is 0.387 e. The maximum atomic E-state index is 14.3. The molecule has 0 bridgehead atoms. The van der Waals surface area contributed by atoms with Gasteiger partial charge < -0.3 is 9.47 Å². The molecule has 0 saturated heterocycles. The molecule has 0 aliphatic carbocycles. The summed E-state index contributed by atoms with van der Waals surface area (Å²) in [5, 5.41) is -0.0236. The van der Waals surface area contributed by atoms with E-state index in [-0.39, 0.29) is 16.3 Å². The van der Waals surface area contributed by atoms with E-state index in [1.165, 1.54) is 30.3 Å².